The number of hydrogen-bond acceptors (Lipinski definition) is 2. The van der Waals surface area contributed by atoms with Crippen LogP contribution in [0.1, 0.15) is 35.4 Å². The molecule has 0 spiro atoms. The molecular weight excluding hydrogens is 394 g/mol. The van der Waals surface area contributed by atoms with Crippen LogP contribution in [0.4, 0.5) is 0 Å². The highest BCUT2D eigenvalue weighted by molar-refractivity contribution is 9.10. The molecule has 5 heteroatoms. The molecule has 2 aromatic rings. The van der Waals surface area contributed by atoms with Gasteiger partial charge < -0.3 is 5.32 Å². The summed E-state index contributed by atoms with van der Waals surface area (Å²) in [5.74, 6) is 0. The summed E-state index contributed by atoms with van der Waals surface area (Å²) in [5, 5.41) is 8.12. The predicted octanol–water partition coefficient (Wildman–Crippen LogP) is 4.33. The number of hydrogen-bond donors (Lipinski definition) is 1. The second-order valence-electron chi connectivity index (χ2n) is 5.72. The van der Waals surface area contributed by atoms with Gasteiger partial charge in [0.15, 0.2) is 0 Å². The lowest BCUT2D eigenvalue weighted by Crippen LogP contribution is -2.15. The highest BCUT2D eigenvalue weighted by atomic mass is 79.9. The summed E-state index contributed by atoms with van der Waals surface area (Å²) in [7, 11) is 0. The molecule has 1 aliphatic rings. The summed E-state index contributed by atoms with van der Waals surface area (Å²) < 4.78 is 4.30. The summed E-state index contributed by atoms with van der Waals surface area (Å²) in [5.41, 5.74) is 4.78. The Kier molecular flexibility index (Phi) is 4.52. The smallest absolute Gasteiger partial charge is 0.0738 e. The topological polar surface area (TPSA) is 29.9 Å². The molecule has 0 amide bonds. The molecule has 112 valence electrons. The van der Waals surface area contributed by atoms with Crippen LogP contribution in [0.15, 0.2) is 27.1 Å². The minimum absolute atomic E-state index is 0.746. The standard InChI is InChI=1S/C16H19Br2N3/c1-10-16(18)11(2)21(20-10)9-13-4-3-12(7-15(13)17)8-19-14-5-6-14/h3-4,7,14,19H,5-6,8-9H2,1-2H3. The van der Waals surface area contributed by atoms with E-state index in [1.54, 1.807) is 0 Å². The highest BCUT2D eigenvalue weighted by Crippen LogP contribution is 2.25. The number of aromatic nitrogens is 2. The van der Waals surface area contributed by atoms with Gasteiger partial charge in [-0.05, 0) is 59.8 Å². The van der Waals surface area contributed by atoms with Gasteiger partial charge in [-0.2, -0.15) is 5.10 Å². The molecular formula is C16H19Br2N3. The summed E-state index contributed by atoms with van der Waals surface area (Å²) in [6.07, 6.45) is 2.65. The highest BCUT2D eigenvalue weighted by Gasteiger charge is 2.20. The van der Waals surface area contributed by atoms with Gasteiger partial charge >= 0.3 is 0 Å². The van der Waals surface area contributed by atoms with Crippen molar-refractivity contribution in [2.75, 3.05) is 0 Å². The molecule has 0 saturated heterocycles. The monoisotopic (exact) mass is 411 g/mol. The first-order valence-corrected chi connectivity index (χ1v) is 8.83. The van der Waals surface area contributed by atoms with E-state index in [2.05, 4.69) is 67.4 Å². The van der Waals surface area contributed by atoms with Crippen molar-refractivity contribution in [3.05, 3.63) is 49.7 Å². The average molecular weight is 413 g/mol. The maximum Gasteiger partial charge on any atom is 0.0738 e. The number of aryl methyl sites for hydroxylation is 1. The number of rotatable bonds is 5. The first-order valence-electron chi connectivity index (χ1n) is 7.25. The number of nitrogens with one attached hydrogen (secondary N) is 1. The Hall–Kier alpha value is -0.650. The fourth-order valence-electron chi connectivity index (χ4n) is 2.37. The lowest BCUT2D eigenvalue weighted by molar-refractivity contribution is 0.655. The number of benzene rings is 1. The first-order chi connectivity index (χ1) is 10.0. The van der Waals surface area contributed by atoms with Crippen LogP contribution in [-0.2, 0) is 13.1 Å². The average Bonchev–Trinajstić information content (AvgIpc) is 3.25. The van der Waals surface area contributed by atoms with Crippen molar-refractivity contribution in [3.8, 4) is 0 Å². The first kappa shape index (κ1) is 15.3. The van der Waals surface area contributed by atoms with E-state index in [9.17, 15) is 0 Å². The molecule has 1 aliphatic carbocycles. The zero-order chi connectivity index (χ0) is 15.0. The van der Waals surface area contributed by atoms with Gasteiger partial charge in [0.2, 0.25) is 0 Å². The fourth-order valence-corrected chi connectivity index (χ4v) is 3.20. The van der Waals surface area contributed by atoms with Crippen LogP contribution in [-0.4, -0.2) is 15.8 Å². The van der Waals surface area contributed by atoms with E-state index in [4.69, 9.17) is 0 Å². The summed E-state index contributed by atoms with van der Waals surface area (Å²) >= 11 is 7.28. The van der Waals surface area contributed by atoms with Crippen LogP contribution in [0.25, 0.3) is 0 Å². The normalized spacial score (nSPS) is 14.7. The zero-order valence-electron chi connectivity index (χ0n) is 12.3. The van der Waals surface area contributed by atoms with Gasteiger partial charge in [-0.1, -0.05) is 28.1 Å². The molecule has 3 nitrogen and oxygen atoms in total. The summed E-state index contributed by atoms with van der Waals surface area (Å²) in [6.45, 7) is 5.85. The van der Waals surface area contributed by atoms with Gasteiger partial charge in [-0.3, -0.25) is 4.68 Å². The minimum atomic E-state index is 0.746. The molecule has 0 atom stereocenters. The molecule has 1 heterocycles. The van der Waals surface area contributed by atoms with Crippen molar-refractivity contribution in [2.24, 2.45) is 0 Å². The van der Waals surface area contributed by atoms with Crippen LogP contribution in [0, 0.1) is 13.8 Å². The molecule has 3 rings (SSSR count). The van der Waals surface area contributed by atoms with E-state index in [-0.39, 0.29) is 0 Å². The lowest BCUT2D eigenvalue weighted by atomic mass is 10.1. The van der Waals surface area contributed by atoms with E-state index >= 15 is 0 Å². The molecule has 0 bridgehead atoms. The maximum atomic E-state index is 4.57. The lowest BCUT2D eigenvalue weighted by Gasteiger charge is -2.10. The third-order valence-corrected chi connectivity index (χ3v) is 5.79. The molecule has 1 N–H and O–H groups in total. The maximum absolute atomic E-state index is 4.57. The SMILES string of the molecule is Cc1nn(Cc2ccc(CNC3CC3)cc2Br)c(C)c1Br. The Morgan fingerprint density at radius 2 is 2.05 bits per heavy atom. The Morgan fingerprint density at radius 1 is 1.29 bits per heavy atom. The minimum Gasteiger partial charge on any atom is -0.310 e. The summed E-state index contributed by atoms with van der Waals surface area (Å²) in [4.78, 5) is 0. The Balaban J connectivity index is 1.74. The van der Waals surface area contributed by atoms with Gasteiger partial charge in [0, 0.05) is 17.1 Å². The van der Waals surface area contributed by atoms with Crippen molar-refractivity contribution in [3.63, 3.8) is 0 Å². The van der Waals surface area contributed by atoms with Crippen molar-refractivity contribution in [1.82, 2.24) is 15.1 Å². The van der Waals surface area contributed by atoms with E-state index in [0.717, 1.165) is 33.8 Å². The van der Waals surface area contributed by atoms with Crippen molar-refractivity contribution < 1.29 is 0 Å². The second kappa shape index (κ2) is 6.23. The van der Waals surface area contributed by atoms with Crippen molar-refractivity contribution in [1.29, 1.82) is 0 Å². The van der Waals surface area contributed by atoms with Crippen molar-refractivity contribution in [2.45, 2.75) is 45.8 Å². The number of nitrogens with zero attached hydrogens (tertiary/aromatic N) is 2. The Bertz CT molecular complexity index is 660. The zero-order valence-corrected chi connectivity index (χ0v) is 15.5. The van der Waals surface area contributed by atoms with Gasteiger partial charge in [0.05, 0.1) is 22.4 Å². The number of halogens is 2. The van der Waals surface area contributed by atoms with Gasteiger partial charge in [0.1, 0.15) is 0 Å². The van der Waals surface area contributed by atoms with Gasteiger partial charge in [0.25, 0.3) is 0 Å². The van der Waals surface area contributed by atoms with Crippen LogP contribution in [0.3, 0.4) is 0 Å². The van der Waals surface area contributed by atoms with Crippen LogP contribution in [0.2, 0.25) is 0 Å². The predicted molar refractivity (Wildman–Crippen MR) is 92.5 cm³/mol. The molecule has 1 saturated carbocycles. The van der Waals surface area contributed by atoms with E-state index in [1.807, 2.05) is 11.6 Å². The van der Waals surface area contributed by atoms with Crippen molar-refractivity contribution >= 4 is 31.9 Å². The Morgan fingerprint density at radius 3 is 2.62 bits per heavy atom. The Labute approximate surface area is 142 Å². The molecule has 0 radical (unpaired) electrons. The van der Waals surface area contributed by atoms with Crippen LogP contribution >= 0.6 is 31.9 Å². The van der Waals surface area contributed by atoms with E-state index in [1.165, 1.54) is 29.7 Å². The molecule has 1 aromatic heterocycles. The van der Waals surface area contributed by atoms with Crippen LogP contribution < -0.4 is 5.32 Å². The van der Waals surface area contributed by atoms with E-state index < -0.39 is 0 Å². The molecule has 0 aliphatic heterocycles. The largest absolute Gasteiger partial charge is 0.310 e. The summed E-state index contributed by atoms with van der Waals surface area (Å²) in [6, 6.07) is 7.36. The quantitative estimate of drug-likeness (QED) is 0.792. The van der Waals surface area contributed by atoms with Gasteiger partial charge in [-0.15, -0.1) is 0 Å². The van der Waals surface area contributed by atoms with Gasteiger partial charge in [-0.25, -0.2) is 0 Å². The van der Waals surface area contributed by atoms with Crippen LogP contribution in [0.5, 0.6) is 0 Å². The fraction of sp³-hybridized carbons (Fsp3) is 0.438. The molecule has 1 aromatic carbocycles. The molecule has 21 heavy (non-hydrogen) atoms. The third-order valence-electron chi connectivity index (χ3n) is 3.90. The molecule has 1 fully saturated rings. The van der Waals surface area contributed by atoms with E-state index in [0.29, 0.717) is 0 Å². The second-order valence-corrected chi connectivity index (χ2v) is 7.37. The molecule has 0 unspecified atom stereocenters. The third kappa shape index (κ3) is 3.58.